The predicted molar refractivity (Wildman–Crippen MR) is 88.9 cm³/mol. The quantitative estimate of drug-likeness (QED) is 0.432. The molecule has 0 amide bonds. The zero-order valence-electron chi connectivity index (χ0n) is 12.7. The molecule has 0 unspecified atom stereocenters. The Morgan fingerprint density at radius 2 is 1.04 bits per heavy atom. The van der Waals surface area contributed by atoms with E-state index in [0.29, 0.717) is 0 Å². The van der Waals surface area contributed by atoms with Crippen molar-refractivity contribution in [2.75, 3.05) is 0 Å². The topological polar surface area (TPSA) is 74.6 Å². The molecule has 24 heavy (non-hydrogen) atoms. The summed E-state index contributed by atoms with van der Waals surface area (Å²) < 4.78 is 0. The van der Waals surface area contributed by atoms with Gasteiger partial charge in [0, 0.05) is 20.4 Å². The van der Waals surface area contributed by atoms with Gasteiger partial charge in [-0.15, -0.1) is 0 Å². The van der Waals surface area contributed by atoms with Crippen LogP contribution in [0.3, 0.4) is 0 Å². The Morgan fingerprint density at radius 3 is 1.38 bits per heavy atom. The Hall–Kier alpha value is -2.48. The molecular weight excluding hydrogens is 399 g/mol. The van der Waals surface area contributed by atoms with E-state index >= 15 is 0 Å². The Bertz CT molecular complexity index is 678. The van der Waals surface area contributed by atoms with Crippen LogP contribution in [0.25, 0.3) is 12.2 Å². The van der Waals surface area contributed by atoms with Crippen LogP contribution in [-0.4, -0.2) is 21.8 Å². The molecule has 0 heterocycles. The van der Waals surface area contributed by atoms with E-state index in [4.69, 9.17) is 10.2 Å². The van der Waals surface area contributed by atoms with Gasteiger partial charge in [-0.3, -0.25) is 9.59 Å². The fourth-order valence-electron chi connectivity index (χ4n) is 1.84. The van der Waals surface area contributed by atoms with Gasteiger partial charge in [0.05, 0.1) is 6.42 Å². The first-order chi connectivity index (χ1) is 11.0. The molecular formula is C19H16O4Pd. The smallest absolute Gasteiger partial charge is 0.163 e. The first-order valence-electron chi connectivity index (χ1n) is 7.03. The fourth-order valence-corrected chi connectivity index (χ4v) is 1.84. The van der Waals surface area contributed by atoms with E-state index in [1.165, 1.54) is 36.4 Å². The van der Waals surface area contributed by atoms with E-state index in [2.05, 4.69) is 0 Å². The van der Waals surface area contributed by atoms with Crippen LogP contribution in [0.15, 0.2) is 60.7 Å². The third-order valence-corrected chi connectivity index (χ3v) is 3.06. The van der Waals surface area contributed by atoms with Crippen LogP contribution in [0.5, 0.6) is 11.5 Å². The van der Waals surface area contributed by atoms with Crippen LogP contribution in [-0.2, 0) is 30.0 Å². The average Bonchev–Trinajstić information content (AvgIpc) is 2.54. The maximum absolute atomic E-state index is 11.7. The van der Waals surface area contributed by atoms with Gasteiger partial charge in [0.25, 0.3) is 0 Å². The Kier molecular flexibility index (Phi) is 7.84. The number of hydrogen-bond donors (Lipinski definition) is 2. The maximum Gasteiger partial charge on any atom is 0.163 e. The van der Waals surface area contributed by atoms with Crippen molar-refractivity contribution in [1.82, 2.24) is 0 Å². The van der Waals surface area contributed by atoms with Crippen LogP contribution in [0.4, 0.5) is 0 Å². The number of phenolic OH excluding ortho intramolecular Hbond substituents is 2. The van der Waals surface area contributed by atoms with Gasteiger partial charge in [0.1, 0.15) is 11.5 Å². The van der Waals surface area contributed by atoms with Gasteiger partial charge in [-0.05, 0) is 47.5 Å². The first-order valence-corrected chi connectivity index (χ1v) is 7.03. The molecule has 2 aromatic rings. The molecule has 2 aromatic carbocycles. The van der Waals surface area contributed by atoms with Gasteiger partial charge in [-0.1, -0.05) is 36.4 Å². The summed E-state index contributed by atoms with van der Waals surface area (Å²) in [5.41, 5.74) is 1.53. The molecule has 0 aromatic heterocycles. The van der Waals surface area contributed by atoms with Gasteiger partial charge >= 0.3 is 0 Å². The molecule has 126 valence electrons. The molecule has 0 saturated carbocycles. The second-order valence-corrected chi connectivity index (χ2v) is 4.96. The SMILES string of the molecule is O=C(/C=C/c1ccc(O)cc1)CC(=O)/C=C/c1ccc(O)cc1.[Pd]. The van der Waals surface area contributed by atoms with Crippen molar-refractivity contribution in [2.45, 2.75) is 6.42 Å². The summed E-state index contributed by atoms with van der Waals surface area (Å²) in [7, 11) is 0. The molecule has 0 aliphatic carbocycles. The van der Waals surface area contributed by atoms with Crippen molar-refractivity contribution in [3.63, 3.8) is 0 Å². The van der Waals surface area contributed by atoms with Crippen molar-refractivity contribution in [1.29, 1.82) is 0 Å². The third-order valence-electron chi connectivity index (χ3n) is 3.06. The number of carbonyl (C=O) groups excluding carboxylic acids is 2. The van der Waals surface area contributed by atoms with Crippen LogP contribution < -0.4 is 0 Å². The van der Waals surface area contributed by atoms with E-state index in [1.54, 1.807) is 36.4 Å². The molecule has 0 bridgehead atoms. The molecule has 0 spiro atoms. The molecule has 4 nitrogen and oxygen atoms in total. The van der Waals surface area contributed by atoms with Crippen molar-refractivity contribution in [3.8, 4) is 11.5 Å². The van der Waals surface area contributed by atoms with Crippen LogP contribution in [0.2, 0.25) is 0 Å². The first kappa shape index (κ1) is 19.6. The Balaban J connectivity index is 0.00000288. The third kappa shape index (κ3) is 6.74. The summed E-state index contributed by atoms with van der Waals surface area (Å²) in [4.78, 5) is 23.5. The van der Waals surface area contributed by atoms with Crippen molar-refractivity contribution in [3.05, 3.63) is 71.8 Å². The molecule has 0 radical (unpaired) electrons. The summed E-state index contributed by atoms with van der Waals surface area (Å²) in [5.74, 6) is -0.275. The van der Waals surface area contributed by atoms with Crippen LogP contribution >= 0.6 is 0 Å². The predicted octanol–water partition coefficient (Wildman–Crippen LogP) is 3.35. The van der Waals surface area contributed by atoms with E-state index in [1.807, 2.05) is 0 Å². The molecule has 0 aliphatic heterocycles. The summed E-state index contributed by atoms with van der Waals surface area (Å²) in [6, 6.07) is 12.8. The Labute approximate surface area is 153 Å². The molecule has 0 fully saturated rings. The molecule has 0 atom stereocenters. The van der Waals surface area contributed by atoms with E-state index < -0.39 is 0 Å². The van der Waals surface area contributed by atoms with Crippen molar-refractivity contribution >= 4 is 23.7 Å². The summed E-state index contributed by atoms with van der Waals surface area (Å²) in [6.07, 6.45) is 5.68. The maximum atomic E-state index is 11.7. The number of rotatable bonds is 6. The fraction of sp³-hybridized carbons (Fsp3) is 0.0526. The standard InChI is InChI=1S/C19H16O4.Pd/c20-16-7-1-14(2-8-16)5-11-18(22)13-19(23)12-6-15-3-9-17(21)10-4-15;/h1-12,20-21H,13H2;/b11-5+,12-6+;. The normalized spacial score (nSPS) is 10.7. The summed E-state index contributed by atoms with van der Waals surface area (Å²) in [6.45, 7) is 0. The molecule has 0 aliphatic rings. The van der Waals surface area contributed by atoms with Gasteiger partial charge in [0.15, 0.2) is 11.6 Å². The number of benzene rings is 2. The van der Waals surface area contributed by atoms with Gasteiger partial charge in [0.2, 0.25) is 0 Å². The minimum atomic E-state index is -0.293. The zero-order valence-corrected chi connectivity index (χ0v) is 14.2. The number of ketones is 2. The number of phenols is 2. The van der Waals surface area contributed by atoms with Crippen molar-refractivity contribution in [2.24, 2.45) is 0 Å². The second-order valence-electron chi connectivity index (χ2n) is 4.96. The molecule has 2 rings (SSSR count). The van der Waals surface area contributed by atoms with E-state index in [9.17, 15) is 9.59 Å². The number of allylic oxidation sites excluding steroid dienone is 2. The Morgan fingerprint density at radius 1 is 0.708 bits per heavy atom. The monoisotopic (exact) mass is 414 g/mol. The molecule has 0 saturated heterocycles. The molecule has 5 heteroatoms. The largest absolute Gasteiger partial charge is 0.508 e. The number of carbonyl (C=O) groups is 2. The van der Waals surface area contributed by atoms with Crippen LogP contribution in [0, 0.1) is 0 Å². The minimum absolute atomic E-state index is 0. The average molecular weight is 415 g/mol. The summed E-state index contributed by atoms with van der Waals surface area (Å²) in [5, 5.41) is 18.3. The van der Waals surface area contributed by atoms with Gasteiger partial charge < -0.3 is 10.2 Å². The van der Waals surface area contributed by atoms with Gasteiger partial charge in [-0.2, -0.15) is 0 Å². The zero-order chi connectivity index (χ0) is 16.7. The minimum Gasteiger partial charge on any atom is -0.508 e. The van der Waals surface area contributed by atoms with Crippen LogP contribution in [0.1, 0.15) is 17.5 Å². The summed E-state index contributed by atoms with van der Waals surface area (Å²) >= 11 is 0. The van der Waals surface area contributed by atoms with Crippen molar-refractivity contribution < 1.29 is 40.2 Å². The van der Waals surface area contributed by atoms with Gasteiger partial charge in [-0.25, -0.2) is 0 Å². The molecule has 2 N–H and O–H groups in total. The number of hydrogen-bond acceptors (Lipinski definition) is 4. The number of aromatic hydroxyl groups is 2. The second kappa shape index (κ2) is 9.61. The van der Waals surface area contributed by atoms with E-state index in [0.717, 1.165) is 11.1 Å². The van der Waals surface area contributed by atoms with E-state index in [-0.39, 0.29) is 49.9 Å².